The van der Waals surface area contributed by atoms with E-state index < -0.39 is 0 Å². The predicted octanol–water partition coefficient (Wildman–Crippen LogP) is 3.34. The first-order chi connectivity index (χ1) is 9.45. The van der Waals surface area contributed by atoms with Crippen LogP contribution in [0.2, 0.25) is 0 Å². The van der Waals surface area contributed by atoms with E-state index in [1.54, 1.807) is 0 Å². The van der Waals surface area contributed by atoms with E-state index in [9.17, 15) is 0 Å². The SMILES string of the molecule is Cc1cc(NC(C)Nc2ccc(N)c(C)c2)ccc1N. The van der Waals surface area contributed by atoms with E-state index in [-0.39, 0.29) is 6.17 Å². The average molecular weight is 270 g/mol. The molecule has 20 heavy (non-hydrogen) atoms. The molecule has 0 bridgehead atoms. The first kappa shape index (κ1) is 14.1. The summed E-state index contributed by atoms with van der Waals surface area (Å²) in [6, 6.07) is 11.9. The van der Waals surface area contributed by atoms with Crippen molar-refractivity contribution in [2.75, 3.05) is 22.1 Å². The van der Waals surface area contributed by atoms with Crippen LogP contribution in [0.1, 0.15) is 18.1 Å². The Kier molecular flexibility index (Phi) is 4.03. The van der Waals surface area contributed by atoms with Crippen molar-refractivity contribution in [1.29, 1.82) is 0 Å². The maximum absolute atomic E-state index is 5.82. The molecule has 2 rings (SSSR count). The van der Waals surface area contributed by atoms with Gasteiger partial charge in [0.2, 0.25) is 0 Å². The molecule has 4 nitrogen and oxygen atoms in total. The summed E-state index contributed by atoms with van der Waals surface area (Å²) in [4.78, 5) is 0. The molecule has 0 atom stereocenters. The van der Waals surface area contributed by atoms with Crippen LogP contribution in [-0.4, -0.2) is 6.17 Å². The molecular weight excluding hydrogens is 248 g/mol. The van der Waals surface area contributed by atoms with Crippen molar-refractivity contribution in [1.82, 2.24) is 0 Å². The van der Waals surface area contributed by atoms with Gasteiger partial charge >= 0.3 is 0 Å². The van der Waals surface area contributed by atoms with Gasteiger partial charge in [-0.25, -0.2) is 0 Å². The first-order valence-corrected chi connectivity index (χ1v) is 6.71. The van der Waals surface area contributed by atoms with Crippen molar-refractivity contribution in [3.8, 4) is 0 Å². The summed E-state index contributed by atoms with van der Waals surface area (Å²) >= 11 is 0. The fourth-order valence-corrected chi connectivity index (χ4v) is 2.07. The summed E-state index contributed by atoms with van der Waals surface area (Å²) in [6.45, 7) is 6.07. The van der Waals surface area contributed by atoms with E-state index in [4.69, 9.17) is 11.5 Å². The molecular formula is C16H22N4. The molecule has 0 aliphatic rings. The lowest BCUT2D eigenvalue weighted by molar-refractivity contribution is 0.916. The van der Waals surface area contributed by atoms with Gasteiger partial charge in [0.05, 0.1) is 6.17 Å². The summed E-state index contributed by atoms with van der Waals surface area (Å²) in [5.74, 6) is 0. The zero-order chi connectivity index (χ0) is 14.7. The number of nitrogen functional groups attached to an aromatic ring is 2. The smallest absolute Gasteiger partial charge is 0.0934 e. The van der Waals surface area contributed by atoms with Crippen molar-refractivity contribution in [3.63, 3.8) is 0 Å². The number of hydrogen-bond donors (Lipinski definition) is 4. The topological polar surface area (TPSA) is 76.1 Å². The molecule has 0 aliphatic heterocycles. The fourth-order valence-electron chi connectivity index (χ4n) is 2.07. The van der Waals surface area contributed by atoms with Crippen molar-refractivity contribution >= 4 is 22.7 Å². The van der Waals surface area contributed by atoms with E-state index in [2.05, 4.69) is 17.6 Å². The Morgan fingerprint density at radius 3 is 1.55 bits per heavy atom. The van der Waals surface area contributed by atoms with E-state index in [0.29, 0.717) is 0 Å². The van der Waals surface area contributed by atoms with Gasteiger partial charge in [-0.3, -0.25) is 0 Å². The Morgan fingerprint density at radius 2 is 1.20 bits per heavy atom. The van der Waals surface area contributed by atoms with Crippen LogP contribution in [0.4, 0.5) is 22.7 Å². The van der Waals surface area contributed by atoms with Gasteiger partial charge in [-0.05, 0) is 68.3 Å². The molecule has 6 N–H and O–H groups in total. The second kappa shape index (κ2) is 5.74. The highest BCUT2D eigenvalue weighted by atomic mass is 15.1. The Morgan fingerprint density at radius 1 is 0.800 bits per heavy atom. The second-order valence-corrected chi connectivity index (χ2v) is 5.15. The van der Waals surface area contributed by atoms with Crippen molar-refractivity contribution in [2.45, 2.75) is 26.9 Å². The van der Waals surface area contributed by atoms with Gasteiger partial charge in [0.1, 0.15) is 0 Å². The van der Waals surface area contributed by atoms with Crippen LogP contribution < -0.4 is 22.1 Å². The number of hydrogen-bond acceptors (Lipinski definition) is 4. The van der Waals surface area contributed by atoms with E-state index in [0.717, 1.165) is 33.9 Å². The molecule has 0 spiro atoms. The molecule has 106 valence electrons. The zero-order valence-electron chi connectivity index (χ0n) is 12.2. The lowest BCUT2D eigenvalue weighted by Crippen LogP contribution is -2.24. The molecule has 2 aromatic carbocycles. The Hall–Kier alpha value is -2.36. The summed E-state index contributed by atoms with van der Waals surface area (Å²) in [7, 11) is 0. The average Bonchev–Trinajstić information content (AvgIpc) is 2.38. The highest BCUT2D eigenvalue weighted by molar-refractivity contribution is 5.59. The third-order valence-corrected chi connectivity index (χ3v) is 3.31. The molecule has 0 heterocycles. The quantitative estimate of drug-likeness (QED) is 0.508. The minimum Gasteiger partial charge on any atom is -0.399 e. The molecule has 0 saturated heterocycles. The Balaban J connectivity index is 2.02. The summed E-state index contributed by atoms with van der Waals surface area (Å²) in [6.07, 6.45) is 0.0982. The summed E-state index contributed by atoms with van der Waals surface area (Å²) < 4.78 is 0. The maximum atomic E-state index is 5.82. The van der Waals surface area contributed by atoms with E-state index >= 15 is 0 Å². The van der Waals surface area contributed by atoms with Crippen LogP contribution in [0.15, 0.2) is 36.4 Å². The van der Waals surface area contributed by atoms with Crippen LogP contribution in [0, 0.1) is 13.8 Å². The van der Waals surface area contributed by atoms with Crippen LogP contribution in [-0.2, 0) is 0 Å². The minimum absolute atomic E-state index is 0.0982. The van der Waals surface area contributed by atoms with Crippen LogP contribution in [0.3, 0.4) is 0 Å². The number of aryl methyl sites for hydroxylation is 2. The Bertz CT molecular complexity index is 554. The zero-order valence-corrected chi connectivity index (χ0v) is 12.2. The molecule has 0 unspecified atom stereocenters. The Labute approximate surface area is 120 Å². The number of benzene rings is 2. The fraction of sp³-hybridized carbons (Fsp3) is 0.250. The monoisotopic (exact) mass is 270 g/mol. The third kappa shape index (κ3) is 3.35. The lowest BCUT2D eigenvalue weighted by Gasteiger charge is -2.19. The van der Waals surface area contributed by atoms with Gasteiger partial charge in [0.15, 0.2) is 0 Å². The van der Waals surface area contributed by atoms with Crippen molar-refractivity contribution in [3.05, 3.63) is 47.5 Å². The van der Waals surface area contributed by atoms with Gasteiger partial charge in [-0.15, -0.1) is 0 Å². The van der Waals surface area contributed by atoms with Crippen molar-refractivity contribution < 1.29 is 0 Å². The normalized spacial score (nSPS) is 10.6. The maximum Gasteiger partial charge on any atom is 0.0934 e. The van der Waals surface area contributed by atoms with Gasteiger partial charge in [-0.2, -0.15) is 0 Å². The van der Waals surface area contributed by atoms with Gasteiger partial charge < -0.3 is 22.1 Å². The molecule has 0 aliphatic carbocycles. The van der Waals surface area contributed by atoms with Crippen LogP contribution >= 0.6 is 0 Å². The lowest BCUT2D eigenvalue weighted by atomic mass is 10.1. The standard InChI is InChI=1S/C16H22N4/c1-10-8-13(4-6-15(10)17)19-12(3)20-14-5-7-16(18)11(2)9-14/h4-9,12,19-20H,17-18H2,1-3H3. The minimum atomic E-state index is 0.0982. The molecule has 0 amide bonds. The number of anilines is 4. The molecule has 4 heteroatoms. The summed E-state index contributed by atoms with van der Waals surface area (Å²) in [5, 5.41) is 6.79. The van der Waals surface area contributed by atoms with E-state index in [1.807, 2.05) is 50.2 Å². The third-order valence-electron chi connectivity index (χ3n) is 3.31. The van der Waals surface area contributed by atoms with Gasteiger partial charge in [0.25, 0.3) is 0 Å². The highest BCUT2D eigenvalue weighted by Gasteiger charge is 2.04. The number of nitrogens with two attached hydrogens (primary N) is 2. The van der Waals surface area contributed by atoms with Crippen LogP contribution in [0.5, 0.6) is 0 Å². The van der Waals surface area contributed by atoms with Crippen LogP contribution in [0.25, 0.3) is 0 Å². The van der Waals surface area contributed by atoms with Crippen molar-refractivity contribution in [2.24, 2.45) is 0 Å². The van der Waals surface area contributed by atoms with E-state index in [1.165, 1.54) is 0 Å². The predicted molar refractivity (Wildman–Crippen MR) is 87.9 cm³/mol. The molecule has 0 aromatic heterocycles. The molecule has 2 aromatic rings. The largest absolute Gasteiger partial charge is 0.399 e. The number of nitrogens with one attached hydrogen (secondary N) is 2. The first-order valence-electron chi connectivity index (χ1n) is 6.71. The summed E-state index contributed by atoms with van der Waals surface area (Å²) in [5.41, 5.74) is 17.5. The van der Waals surface area contributed by atoms with Gasteiger partial charge in [0, 0.05) is 22.7 Å². The number of rotatable bonds is 4. The highest BCUT2D eigenvalue weighted by Crippen LogP contribution is 2.20. The molecule has 0 radical (unpaired) electrons. The van der Waals surface area contributed by atoms with Gasteiger partial charge in [-0.1, -0.05) is 0 Å². The molecule has 0 fully saturated rings. The molecule has 0 saturated carbocycles. The second-order valence-electron chi connectivity index (χ2n) is 5.15.